The first-order chi connectivity index (χ1) is 16.5. The fourth-order valence-corrected chi connectivity index (χ4v) is 5.06. The Morgan fingerprint density at radius 1 is 0.914 bits per heavy atom. The van der Waals surface area contributed by atoms with Gasteiger partial charge in [0.05, 0.1) is 12.6 Å². The van der Waals surface area contributed by atoms with Crippen molar-refractivity contribution < 1.29 is 26.3 Å². The van der Waals surface area contributed by atoms with Crippen molar-refractivity contribution in [3.63, 3.8) is 0 Å². The molecule has 0 spiro atoms. The average Bonchev–Trinajstić information content (AvgIpc) is 3.26. The van der Waals surface area contributed by atoms with E-state index in [1.165, 1.54) is 49.4 Å². The second kappa shape index (κ2) is 8.44. The van der Waals surface area contributed by atoms with E-state index in [0.717, 1.165) is 11.3 Å². The number of benzene rings is 2. The Balaban J connectivity index is 2.15. The maximum Gasteiger partial charge on any atom is 0.380 e. The quantitative estimate of drug-likeness (QED) is 0.201. The van der Waals surface area contributed by atoms with Crippen LogP contribution in [-0.4, -0.2) is 17.8 Å². The number of hydrogen-bond donors (Lipinski definition) is 0. The van der Waals surface area contributed by atoms with Crippen molar-refractivity contribution in [2.24, 2.45) is 0 Å². The highest BCUT2D eigenvalue weighted by atomic mass is 32.1. The van der Waals surface area contributed by atoms with E-state index in [2.05, 4.69) is 4.85 Å². The molecule has 0 bridgehead atoms. The Bertz CT molecular complexity index is 1420. The topological polar surface area (TPSA) is 28.1 Å². The zero-order valence-corrected chi connectivity index (χ0v) is 18.7. The third kappa shape index (κ3) is 3.55. The van der Waals surface area contributed by atoms with E-state index >= 15 is 17.6 Å². The Labute approximate surface area is 200 Å². The Morgan fingerprint density at radius 2 is 1.49 bits per heavy atom. The van der Waals surface area contributed by atoms with Crippen molar-refractivity contribution in [3.8, 4) is 16.5 Å². The number of alkyl halides is 6. The molecule has 0 unspecified atom stereocenters. The summed E-state index contributed by atoms with van der Waals surface area (Å²) < 4.78 is 90.8. The molecular formula is C26H14F6N2S. The maximum absolute atomic E-state index is 15.3. The molecule has 0 atom stereocenters. The second-order valence-electron chi connectivity index (χ2n) is 7.73. The van der Waals surface area contributed by atoms with E-state index in [1.807, 2.05) is 0 Å². The van der Waals surface area contributed by atoms with Crippen LogP contribution in [-0.2, 0) is 0 Å². The van der Waals surface area contributed by atoms with Crippen LogP contribution in [0.15, 0.2) is 78.0 Å². The van der Waals surface area contributed by atoms with E-state index < -0.39 is 45.7 Å². The molecular weight excluding hydrogens is 486 g/mol. The molecule has 176 valence electrons. The van der Waals surface area contributed by atoms with Gasteiger partial charge in [-0.05, 0) is 29.7 Å². The minimum atomic E-state index is -5.80. The molecule has 3 aromatic rings. The lowest BCUT2D eigenvalue weighted by molar-refractivity contribution is -0.258. The molecule has 1 aliphatic carbocycles. The molecule has 4 rings (SSSR count). The fraction of sp³-hybridized carbons (Fsp3) is 0.154. The van der Waals surface area contributed by atoms with E-state index in [0.29, 0.717) is 10.4 Å². The van der Waals surface area contributed by atoms with E-state index in [1.54, 1.807) is 30.3 Å². The Morgan fingerprint density at radius 3 is 2.03 bits per heavy atom. The lowest BCUT2D eigenvalue weighted by Gasteiger charge is -2.26. The minimum Gasteiger partial charge on any atom is -0.226 e. The van der Waals surface area contributed by atoms with Gasteiger partial charge < -0.3 is 0 Å². The zero-order chi connectivity index (χ0) is 25.6. The normalized spacial score (nSPS) is 18.5. The standard InChI is InChI=1S/C26H14F6N2S/c1-15-18(13-20(35-15)16-9-5-3-6-10-16)22-23(25(29,30)26(31,32)24(22,27)28)21(19(14-33)34-2)17-11-7-4-8-12-17/h3-13H,1H3/b21-19-. The summed E-state index contributed by atoms with van der Waals surface area (Å²) >= 11 is 0.986. The maximum atomic E-state index is 15.3. The highest BCUT2D eigenvalue weighted by Crippen LogP contribution is 2.65. The molecule has 2 aromatic carbocycles. The van der Waals surface area contributed by atoms with Crippen LogP contribution in [0.3, 0.4) is 0 Å². The number of nitrogens with zero attached hydrogens (tertiary/aromatic N) is 2. The van der Waals surface area contributed by atoms with Crippen LogP contribution >= 0.6 is 11.3 Å². The van der Waals surface area contributed by atoms with Gasteiger partial charge in [0.1, 0.15) is 0 Å². The lowest BCUT2D eigenvalue weighted by atomic mass is 9.89. The van der Waals surface area contributed by atoms with Gasteiger partial charge in [-0.25, -0.2) is 10.1 Å². The largest absolute Gasteiger partial charge is 0.380 e. The van der Waals surface area contributed by atoms with Crippen LogP contribution < -0.4 is 0 Å². The molecule has 0 saturated carbocycles. The molecule has 0 radical (unpaired) electrons. The first-order valence-corrected chi connectivity index (χ1v) is 10.9. The molecule has 2 nitrogen and oxygen atoms in total. The summed E-state index contributed by atoms with van der Waals surface area (Å²) in [5.41, 5.74) is -5.35. The van der Waals surface area contributed by atoms with Gasteiger partial charge in [-0.3, -0.25) is 0 Å². The first-order valence-electron chi connectivity index (χ1n) is 10.1. The monoisotopic (exact) mass is 500 g/mol. The Kier molecular flexibility index (Phi) is 5.86. The van der Waals surface area contributed by atoms with Gasteiger partial charge in [-0.2, -0.15) is 26.3 Å². The molecule has 0 saturated heterocycles. The van der Waals surface area contributed by atoms with E-state index in [9.17, 15) is 14.0 Å². The van der Waals surface area contributed by atoms with Gasteiger partial charge in [0.25, 0.3) is 5.70 Å². The van der Waals surface area contributed by atoms with Crippen LogP contribution in [0, 0.1) is 24.8 Å². The number of rotatable bonds is 4. The van der Waals surface area contributed by atoms with Crippen LogP contribution in [0.1, 0.15) is 16.0 Å². The first kappa shape index (κ1) is 24.3. The third-order valence-corrected chi connectivity index (χ3v) is 6.78. The molecule has 1 aromatic heterocycles. The van der Waals surface area contributed by atoms with Crippen LogP contribution in [0.4, 0.5) is 26.3 Å². The van der Waals surface area contributed by atoms with Gasteiger partial charge in [0.15, 0.2) is 0 Å². The highest BCUT2D eigenvalue weighted by Gasteiger charge is 2.80. The highest BCUT2D eigenvalue weighted by molar-refractivity contribution is 7.15. The van der Waals surface area contributed by atoms with Gasteiger partial charge in [0.2, 0.25) is 0 Å². The van der Waals surface area contributed by atoms with Crippen LogP contribution in [0.25, 0.3) is 26.4 Å². The van der Waals surface area contributed by atoms with Gasteiger partial charge >= 0.3 is 17.8 Å². The van der Waals surface area contributed by atoms with Crippen molar-refractivity contribution >= 4 is 22.5 Å². The summed E-state index contributed by atoms with van der Waals surface area (Å²) in [6, 6.07) is 17.6. The SMILES string of the molecule is [C-]#[N+]/C(C#N)=C(\C1=C(c2cc(-c3ccccc3)sc2C)C(F)(F)C(F)(F)C1(F)F)c1ccccc1. The zero-order valence-electron chi connectivity index (χ0n) is 17.9. The van der Waals surface area contributed by atoms with Crippen molar-refractivity contribution in [1.82, 2.24) is 0 Å². The molecule has 0 N–H and O–H groups in total. The summed E-state index contributed by atoms with van der Waals surface area (Å²) in [5, 5.41) is 9.45. The summed E-state index contributed by atoms with van der Waals surface area (Å²) in [7, 11) is 0. The summed E-state index contributed by atoms with van der Waals surface area (Å²) in [6.07, 6.45) is 0. The predicted molar refractivity (Wildman–Crippen MR) is 122 cm³/mol. The number of nitriles is 1. The summed E-state index contributed by atoms with van der Waals surface area (Å²) in [5.74, 6) is -16.5. The molecule has 1 heterocycles. The third-order valence-electron chi connectivity index (χ3n) is 5.68. The fourth-order valence-electron chi connectivity index (χ4n) is 4.03. The molecule has 0 aliphatic heterocycles. The molecule has 1 aliphatic rings. The van der Waals surface area contributed by atoms with Crippen molar-refractivity contribution in [2.75, 3.05) is 0 Å². The summed E-state index contributed by atoms with van der Waals surface area (Å²) in [6.45, 7) is 8.63. The van der Waals surface area contributed by atoms with Gasteiger partial charge in [-0.1, -0.05) is 60.7 Å². The van der Waals surface area contributed by atoms with E-state index in [-0.39, 0.29) is 10.4 Å². The number of aryl methyl sites for hydroxylation is 1. The van der Waals surface area contributed by atoms with Gasteiger partial charge in [0, 0.05) is 26.5 Å². The molecule has 0 amide bonds. The second-order valence-corrected chi connectivity index (χ2v) is 8.99. The summed E-state index contributed by atoms with van der Waals surface area (Å²) in [4.78, 5) is 3.43. The van der Waals surface area contributed by atoms with Gasteiger partial charge in [-0.15, -0.1) is 11.3 Å². The van der Waals surface area contributed by atoms with Crippen molar-refractivity contribution in [2.45, 2.75) is 24.7 Å². The Hall–Kier alpha value is -3.82. The minimum absolute atomic E-state index is 0.109. The van der Waals surface area contributed by atoms with Crippen LogP contribution in [0.2, 0.25) is 0 Å². The number of thiophene rings is 1. The number of allylic oxidation sites excluding steroid dienone is 4. The smallest absolute Gasteiger partial charge is 0.226 e. The predicted octanol–water partition coefficient (Wildman–Crippen LogP) is 8.25. The molecule has 0 fully saturated rings. The molecule has 9 heteroatoms. The molecule has 35 heavy (non-hydrogen) atoms. The van der Waals surface area contributed by atoms with Crippen molar-refractivity contribution in [3.05, 3.63) is 105 Å². The van der Waals surface area contributed by atoms with Crippen molar-refractivity contribution in [1.29, 1.82) is 5.26 Å². The lowest BCUT2D eigenvalue weighted by Crippen LogP contribution is -2.49. The van der Waals surface area contributed by atoms with Crippen LogP contribution in [0.5, 0.6) is 0 Å². The van der Waals surface area contributed by atoms with E-state index in [4.69, 9.17) is 6.57 Å². The average molecular weight is 500 g/mol. The number of halogens is 6. The number of hydrogen-bond acceptors (Lipinski definition) is 2.